The van der Waals surface area contributed by atoms with Crippen molar-refractivity contribution in [1.82, 2.24) is 4.72 Å². The average Bonchev–Trinajstić information content (AvgIpc) is 2.54. The van der Waals surface area contributed by atoms with Crippen LogP contribution in [0, 0.1) is 5.82 Å². The van der Waals surface area contributed by atoms with Crippen molar-refractivity contribution in [1.29, 1.82) is 0 Å². The molecule has 1 atom stereocenters. The van der Waals surface area contributed by atoms with E-state index in [0.29, 0.717) is 0 Å². The Morgan fingerprint density at radius 2 is 1.72 bits per heavy atom. The van der Waals surface area contributed by atoms with Crippen LogP contribution in [0.5, 0.6) is 0 Å². The van der Waals surface area contributed by atoms with Crippen LogP contribution in [0.15, 0.2) is 47.4 Å². The number of aliphatic hydroxyl groups is 1. The fourth-order valence-corrected chi connectivity index (χ4v) is 3.24. The van der Waals surface area contributed by atoms with Gasteiger partial charge >= 0.3 is 6.18 Å². The Bertz CT molecular complexity index is 854. The summed E-state index contributed by atoms with van der Waals surface area (Å²) in [7, 11) is -4.08. The molecular formula is C15H12ClF4NO3S. The molecule has 0 saturated carbocycles. The summed E-state index contributed by atoms with van der Waals surface area (Å²) in [5.41, 5.74) is -0.780. The lowest BCUT2D eigenvalue weighted by atomic mass is 10.1. The smallest absolute Gasteiger partial charge is 0.387 e. The van der Waals surface area contributed by atoms with E-state index in [2.05, 4.69) is 4.72 Å². The van der Waals surface area contributed by atoms with Gasteiger partial charge in [0.1, 0.15) is 5.82 Å². The first-order valence-electron chi connectivity index (χ1n) is 6.80. The Hall–Kier alpha value is -1.68. The highest BCUT2D eigenvalue weighted by Crippen LogP contribution is 2.30. The van der Waals surface area contributed by atoms with Crippen LogP contribution in [0.25, 0.3) is 0 Å². The minimum absolute atomic E-state index is 0.104. The van der Waals surface area contributed by atoms with Crippen molar-refractivity contribution in [2.24, 2.45) is 0 Å². The van der Waals surface area contributed by atoms with Crippen molar-refractivity contribution in [2.45, 2.75) is 17.2 Å². The summed E-state index contributed by atoms with van der Waals surface area (Å²) in [6.07, 6.45) is -5.87. The standard InChI is InChI=1S/C15H12ClF4NO3S/c16-12-7-11(5-6-13(12)17)25(23,24)21-8-14(22)9-1-3-10(4-2-9)15(18,19)20/h1-7,14,21-22H,8H2/t14-/m1/s1. The molecule has 0 saturated heterocycles. The first-order valence-corrected chi connectivity index (χ1v) is 8.67. The molecule has 0 aliphatic carbocycles. The number of alkyl halides is 3. The summed E-state index contributed by atoms with van der Waals surface area (Å²) < 4.78 is 76.7. The molecule has 2 N–H and O–H groups in total. The van der Waals surface area contributed by atoms with E-state index in [-0.39, 0.29) is 15.5 Å². The molecule has 0 radical (unpaired) electrons. The van der Waals surface area contributed by atoms with E-state index in [0.717, 1.165) is 42.5 Å². The highest BCUT2D eigenvalue weighted by atomic mass is 35.5. The largest absolute Gasteiger partial charge is 0.416 e. The van der Waals surface area contributed by atoms with Gasteiger partial charge in [0.25, 0.3) is 0 Å². The number of nitrogens with one attached hydrogen (secondary N) is 1. The van der Waals surface area contributed by atoms with Gasteiger partial charge in [-0.2, -0.15) is 13.2 Å². The second-order valence-corrected chi connectivity index (χ2v) is 7.24. The van der Waals surface area contributed by atoms with Crippen LogP contribution < -0.4 is 4.72 Å². The Morgan fingerprint density at radius 3 is 2.24 bits per heavy atom. The third kappa shape index (κ3) is 4.91. The molecule has 136 valence electrons. The number of hydrogen-bond acceptors (Lipinski definition) is 3. The second-order valence-electron chi connectivity index (χ2n) is 5.06. The molecule has 0 bridgehead atoms. The highest BCUT2D eigenvalue weighted by Gasteiger charge is 2.30. The number of halogens is 5. The number of aliphatic hydroxyl groups excluding tert-OH is 1. The maximum absolute atomic E-state index is 13.1. The topological polar surface area (TPSA) is 66.4 Å². The molecule has 2 aromatic rings. The molecule has 10 heteroatoms. The maximum atomic E-state index is 13.1. The van der Waals surface area contributed by atoms with Gasteiger partial charge in [0.2, 0.25) is 10.0 Å². The van der Waals surface area contributed by atoms with Gasteiger partial charge in [0.15, 0.2) is 0 Å². The first-order chi connectivity index (χ1) is 11.5. The monoisotopic (exact) mass is 397 g/mol. The molecule has 0 aliphatic rings. The SMILES string of the molecule is O=S(=O)(NC[C@@H](O)c1ccc(C(F)(F)F)cc1)c1ccc(F)c(Cl)c1. The average molecular weight is 398 g/mol. The molecular weight excluding hydrogens is 386 g/mol. The van der Waals surface area contributed by atoms with Crippen molar-refractivity contribution in [2.75, 3.05) is 6.54 Å². The van der Waals surface area contributed by atoms with Gasteiger partial charge in [-0.25, -0.2) is 17.5 Å². The molecule has 2 rings (SSSR count). The summed E-state index contributed by atoms with van der Waals surface area (Å²) >= 11 is 5.52. The summed E-state index contributed by atoms with van der Waals surface area (Å²) in [6, 6.07) is 6.45. The molecule has 0 aromatic heterocycles. The third-order valence-electron chi connectivity index (χ3n) is 3.29. The molecule has 0 unspecified atom stereocenters. The second kappa shape index (κ2) is 7.28. The van der Waals surface area contributed by atoms with E-state index in [1.165, 1.54) is 0 Å². The van der Waals surface area contributed by atoms with Gasteiger partial charge in [0, 0.05) is 6.54 Å². The van der Waals surface area contributed by atoms with Gasteiger partial charge in [-0.15, -0.1) is 0 Å². The predicted octanol–water partition coefficient (Wildman–Crippen LogP) is 3.51. The van der Waals surface area contributed by atoms with Crippen LogP contribution in [0.4, 0.5) is 17.6 Å². The fourth-order valence-electron chi connectivity index (χ4n) is 1.93. The molecule has 0 aliphatic heterocycles. The number of rotatable bonds is 5. The zero-order chi connectivity index (χ0) is 18.8. The molecule has 4 nitrogen and oxygen atoms in total. The number of sulfonamides is 1. The van der Waals surface area contributed by atoms with Crippen LogP contribution in [0.2, 0.25) is 5.02 Å². The quantitative estimate of drug-likeness (QED) is 0.759. The highest BCUT2D eigenvalue weighted by molar-refractivity contribution is 7.89. The molecule has 0 amide bonds. The van der Waals surface area contributed by atoms with E-state index in [4.69, 9.17) is 11.6 Å². The number of benzene rings is 2. The van der Waals surface area contributed by atoms with E-state index < -0.39 is 40.2 Å². The van der Waals surface area contributed by atoms with Gasteiger partial charge in [-0.3, -0.25) is 0 Å². The van der Waals surface area contributed by atoms with Crippen LogP contribution in [-0.2, 0) is 16.2 Å². The molecule has 25 heavy (non-hydrogen) atoms. The number of hydrogen-bond donors (Lipinski definition) is 2. The van der Waals surface area contributed by atoms with Crippen LogP contribution >= 0.6 is 11.6 Å². The minimum Gasteiger partial charge on any atom is -0.387 e. The van der Waals surface area contributed by atoms with E-state index in [1.807, 2.05) is 0 Å². The minimum atomic E-state index is -4.51. The van der Waals surface area contributed by atoms with Crippen LogP contribution in [0.3, 0.4) is 0 Å². The lowest BCUT2D eigenvalue weighted by Crippen LogP contribution is -2.28. The predicted molar refractivity (Wildman–Crippen MR) is 83.0 cm³/mol. The third-order valence-corrected chi connectivity index (χ3v) is 5.00. The van der Waals surface area contributed by atoms with Crippen LogP contribution in [-0.4, -0.2) is 20.1 Å². The molecule has 0 spiro atoms. The van der Waals surface area contributed by atoms with Crippen molar-refractivity contribution >= 4 is 21.6 Å². The van der Waals surface area contributed by atoms with Crippen molar-refractivity contribution in [3.63, 3.8) is 0 Å². The van der Waals surface area contributed by atoms with Crippen molar-refractivity contribution in [3.05, 3.63) is 64.4 Å². The maximum Gasteiger partial charge on any atom is 0.416 e. The van der Waals surface area contributed by atoms with Crippen LogP contribution in [0.1, 0.15) is 17.2 Å². The Labute approximate surface area is 146 Å². The normalized spacial score (nSPS) is 13.7. The zero-order valence-corrected chi connectivity index (χ0v) is 14.0. The van der Waals surface area contributed by atoms with Gasteiger partial charge in [-0.1, -0.05) is 23.7 Å². The first kappa shape index (κ1) is 19.6. The lowest BCUT2D eigenvalue weighted by Gasteiger charge is -2.14. The van der Waals surface area contributed by atoms with E-state index in [9.17, 15) is 31.1 Å². The summed E-state index contributed by atoms with van der Waals surface area (Å²) in [6.45, 7) is -0.483. The van der Waals surface area contributed by atoms with Gasteiger partial charge in [-0.05, 0) is 35.9 Å². The Kier molecular flexibility index (Phi) is 5.72. The lowest BCUT2D eigenvalue weighted by molar-refractivity contribution is -0.137. The Morgan fingerprint density at radius 1 is 1.12 bits per heavy atom. The van der Waals surface area contributed by atoms with Gasteiger partial charge < -0.3 is 5.11 Å². The van der Waals surface area contributed by atoms with E-state index >= 15 is 0 Å². The molecule has 2 aromatic carbocycles. The Balaban J connectivity index is 2.08. The molecule has 0 fully saturated rings. The fraction of sp³-hybridized carbons (Fsp3) is 0.200. The van der Waals surface area contributed by atoms with Gasteiger partial charge in [0.05, 0.1) is 21.6 Å². The summed E-state index contributed by atoms with van der Waals surface area (Å²) in [5, 5.41) is 9.55. The summed E-state index contributed by atoms with van der Waals surface area (Å²) in [5.74, 6) is -0.787. The van der Waals surface area contributed by atoms with Crippen molar-refractivity contribution < 1.29 is 31.1 Å². The summed E-state index contributed by atoms with van der Waals surface area (Å²) in [4.78, 5) is -0.307. The van der Waals surface area contributed by atoms with E-state index in [1.54, 1.807) is 0 Å². The zero-order valence-electron chi connectivity index (χ0n) is 12.4. The molecule has 0 heterocycles. The van der Waals surface area contributed by atoms with Crippen molar-refractivity contribution in [3.8, 4) is 0 Å².